The first-order valence-electron chi connectivity index (χ1n) is 6.68. The second-order valence-corrected chi connectivity index (χ2v) is 5.03. The van der Waals surface area contributed by atoms with Crippen molar-refractivity contribution in [1.29, 1.82) is 0 Å². The van der Waals surface area contributed by atoms with Gasteiger partial charge in [0.15, 0.2) is 0 Å². The van der Waals surface area contributed by atoms with Crippen molar-refractivity contribution in [2.24, 2.45) is 5.92 Å². The second-order valence-electron chi connectivity index (χ2n) is 5.03. The molecule has 20 heavy (non-hydrogen) atoms. The normalized spacial score (nSPS) is 17.5. The Morgan fingerprint density at radius 1 is 1.15 bits per heavy atom. The number of amides is 1. The Morgan fingerprint density at radius 2 is 1.75 bits per heavy atom. The van der Waals surface area contributed by atoms with Crippen LogP contribution >= 0.6 is 0 Å². The molecule has 5 nitrogen and oxygen atoms in total. The van der Waals surface area contributed by atoms with Crippen LogP contribution in [-0.4, -0.2) is 28.8 Å². The van der Waals surface area contributed by atoms with Crippen molar-refractivity contribution in [2.75, 3.05) is 0 Å². The zero-order chi connectivity index (χ0) is 14.5. The molecule has 1 amide bonds. The summed E-state index contributed by atoms with van der Waals surface area (Å²) >= 11 is 0. The second kappa shape index (κ2) is 6.32. The number of Topliss-reactive ketones (excluding diaryl/α,β-unsaturated/α-hetero) is 1. The average molecular weight is 275 g/mol. The summed E-state index contributed by atoms with van der Waals surface area (Å²) in [6.45, 7) is 0. The van der Waals surface area contributed by atoms with Crippen LogP contribution in [-0.2, 0) is 9.59 Å². The van der Waals surface area contributed by atoms with Crippen LogP contribution in [0.25, 0.3) is 0 Å². The third-order valence-electron chi connectivity index (χ3n) is 3.65. The maximum atomic E-state index is 12.0. The van der Waals surface area contributed by atoms with Crippen molar-refractivity contribution in [1.82, 2.24) is 5.32 Å². The smallest absolute Gasteiger partial charge is 0.326 e. The lowest BCUT2D eigenvalue weighted by molar-refractivity contribution is -0.141. The number of carboxylic acid groups (broad SMARTS) is 1. The molecule has 106 valence electrons. The van der Waals surface area contributed by atoms with E-state index in [1.54, 1.807) is 30.3 Å². The molecule has 5 heteroatoms. The Kier molecular flexibility index (Phi) is 4.50. The molecule has 0 radical (unpaired) electrons. The number of aliphatic carboxylic acids is 1. The standard InChI is InChI=1S/C15H17NO4/c17-12-8-6-10(7-9-12)13(15(19)20)16-14(18)11-4-2-1-3-5-11/h1-5,10,13H,6-9H2,(H,16,18)(H,19,20). The lowest BCUT2D eigenvalue weighted by Gasteiger charge is -2.27. The van der Waals surface area contributed by atoms with Crippen molar-refractivity contribution in [3.8, 4) is 0 Å². The highest BCUT2D eigenvalue weighted by molar-refractivity contribution is 5.96. The number of carbonyl (C=O) groups excluding carboxylic acids is 2. The van der Waals surface area contributed by atoms with E-state index in [1.165, 1.54) is 0 Å². The van der Waals surface area contributed by atoms with Crippen LogP contribution < -0.4 is 5.32 Å². The highest BCUT2D eigenvalue weighted by atomic mass is 16.4. The van der Waals surface area contributed by atoms with E-state index >= 15 is 0 Å². The summed E-state index contributed by atoms with van der Waals surface area (Å²) in [6.07, 6.45) is 1.83. The molecule has 1 aliphatic rings. The topological polar surface area (TPSA) is 83.5 Å². The Balaban J connectivity index is 2.04. The maximum absolute atomic E-state index is 12.0. The van der Waals surface area contributed by atoms with Gasteiger partial charge in [0.25, 0.3) is 5.91 Å². The molecule has 0 aromatic heterocycles. The van der Waals surface area contributed by atoms with Gasteiger partial charge in [0.1, 0.15) is 11.8 Å². The highest BCUT2D eigenvalue weighted by Gasteiger charge is 2.32. The van der Waals surface area contributed by atoms with E-state index < -0.39 is 17.9 Å². The third-order valence-corrected chi connectivity index (χ3v) is 3.65. The summed E-state index contributed by atoms with van der Waals surface area (Å²) in [5, 5.41) is 11.9. The van der Waals surface area contributed by atoms with E-state index in [4.69, 9.17) is 0 Å². The molecular formula is C15H17NO4. The summed E-state index contributed by atoms with van der Waals surface area (Å²) in [6, 6.07) is 7.58. The van der Waals surface area contributed by atoms with Gasteiger partial charge < -0.3 is 10.4 Å². The summed E-state index contributed by atoms with van der Waals surface area (Å²) < 4.78 is 0. The van der Waals surface area contributed by atoms with Gasteiger partial charge in [-0.15, -0.1) is 0 Å². The molecule has 1 aromatic rings. The van der Waals surface area contributed by atoms with Crippen LogP contribution in [0.3, 0.4) is 0 Å². The molecule has 0 spiro atoms. The van der Waals surface area contributed by atoms with Gasteiger partial charge in [0, 0.05) is 18.4 Å². The van der Waals surface area contributed by atoms with Crippen LogP contribution in [0, 0.1) is 5.92 Å². The fourth-order valence-corrected chi connectivity index (χ4v) is 2.49. The minimum absolute atomic E-state index is 0.166. The predicted octanol–water partition coefficient (Wildman–Crippen LogP) is 1.63. The van der Waals surface area contributed by atoms with Crippen molar-refractivity contribution < 1.29 is 19.5 Å². The fourth-order valence-electron chi connectivity index (χ4n) is 2.49. The van der Waals surface area contributed by atoms with E-state index in [0.29, 0.717) is 31.2 Å². The predicted molar refractivity (Wildman–Crippen MR) is 72.3 cm³/mol. The monoisotopic (exact) mass is 275 g/mol. The van der Waals surface area contributed by atoms with Crippen molar-refractivity contribution >= 4 is 17.7 Å². The summed E-state index contributed by atoms with van der Waals surface area (Å²) in [5.74, 6) is -1.46. The molecule has 1 unspecified atom stereocenters. The van der Waals surface area contributed by atoms with Gasteiger partial charge in [-0.1, -0.05) is 18.2 Å². The Labute approximate surface area is 117 Å². The number of ketones is 1. The van der Waals surface area contributed by atoms with E-state index in [1.807, 2.05) is 0 Å². The van der Waals surface area contributed by atoms with Crippen LogP contribution in [0.1, 0.15) is 36.0 Å². The zero-order valence-corrected chi connectivity index (χ0v) is 11.0. The van der Waals surface area contributed by atoms with Gasteiger partial charge in [-0.25, -0.2) is 4.79 Å². The number of carboxylic acids is 1. The molecule has 1 fully saturated rings. The SMILES string of the molecule is O=C1CCC(C(NC(=O)c2ccccc2)C(=O)O)CC1. The largest absolute Gasteiger partial charge is 0.480 e. The molecule has 0 heterocycles. The van der Waals surface area contributed by atoms with E-state index in [-0.39, 0.29) is 11.7 Å². The average Bonchev–Trinajstić information content (AvgIpc) is 2.46. The molecule has 1 saturated carbocycles. The molecule has 0 saturated heterocycles. The van der Waals surface area contributed by atoms with E-state index in [9.17, 15) is 19.5 Å². The van der Waals surface area contributed by atoms with Gasteiger partial charge in [-0.2, -0.15) is 0 Å². The molecule has 0 aliphatic heterocycles. The minimum Gasteiger partial charge on any atom is -0.480 e. The number of nitrogens with one attached hydrogen (secondary N) is 1. The highest BCUT2D eigenvalue weighted by Crippen LogP contribution is 2.25. The van der Waals surface area contributed by atoms with Crippen molar-refractivity contribution in [3.05, 3.63) is 35.9 Å². The Hall–Kier alpha value is -2.17. The quantitative estimate of drug-likeness (QED) is 0.874. The summed E-state index contributed by atoms with van der Waals surface area (Å²) in [5.41, 5.74) is 0.436. The molecule has 1 aliphatic carbocycles. The summed E-state index contributed by atoms with van der Waals surface area (Å²) in [7, 11) is 0. The van der Waals surface area contributed by atoms with Crippen LogP contribution in [0.2, 0.25) is 0 Å². The van der Waals surface area contributed by atoms with Crippen molar-refractivity contribution in [2.45, 2.75) is 31.7 Å². The first kappa shape index (κ1) is 14.2. The lowest BCUT2D eigenvalue weighted by atomic mass is 9.83. The lowest BCUT2D eigenvalue weighted by Crippen LogP contribution is -2.47. The first-order valence-corrected chi connectivity index (χ1v) is 6.68. The van der Waals surface area contributed by atoms with Gasteiger partial charge >= 0.3 is 5.97 Å². The van der Waals surface area contributed by atoms with Crippen molar-refractivity contribution in [3.63, 3.8) is 0 Å². The van der Waals surface area contributed by atoms with Gasteiger partial charge in [0.2, 0.25) is 0 Å². The molecule has 1 aromatic carbocycles. The molecule has 0 bridgehead atoms. The van der Waals surface area contributed by atoms with E-state index in [2.05, 4.69) is 5.32 Å². The number of benzene rings is 1. The number of hydrogen-bond acceptors (Lipinski definition) is 3. The van der Waals surface area contributed by atoms with E-state index in [0.717, 1.165) is 0 Å². The fraction of sp³-hybridized carbons (Fsp3) is 0.400. The third kappa shape index (κ3) is 3.44. The van der Waals surface area contributed by atoms with Gasteiger partial charge in [-0.05, 0) is 30.9 Å². The van der Waals surface area contributed by atoms with Gasteiger partial charge in [0.05, 0.1) is 0 Å². The molecule has 1 atom stereocenters. The minimum atomic E-state index is -1.05. The number of carbonyl (C=O) groups is 3. The van der Waals surface area contributed by atoms with Crippen LogP contribution in [0.4, 0.5) is 0 Å². The molecular weight excluding hydrogens is 258 g/mol. The van der Waals surface area contributed by atoms with Crippen LogP contribution in [0.15, 0.2) is 30.3 Å². The Bertz CT molecular complexity index is 502. The Morgan fingerprint density at radius 3 is 2.30 bits per heavy atom. The number of hydrogen-bond donors (Lipinski definition) is 2. The number of rotatable bonds is 4. The van der Waals surface area contributed by atoms with Gasteiger partial charge in [-0.3, -0.25) is 9.59 Å². The van der Waals surface area contributed by atoms with Crippen LogP contribution in [0.5, 0.6) is 0 Å². The zero-order valence-electron chi connectivity index (χ0n) is 11.0. The summed E-state index contributed by atoms with van der Waals surface area (Å²) in [4.78, 5) is 34.6. The first-order chi connectivity index (χ1) is 9.58. The maximum Gasteiger partial charge on any atom is 0.326 e. The molecule has 2 N–H and O–H groups in total. The molecule has 2 rings (SSSR count).